The van der Waals surface area contributed by atoms with E-state index in [1.807, 2.05) is 24.3 Å². The molecule has 6 heteroatoms. The third-order valence-corrected chi connectivity index (χ3v) is 6.38. The number of anilines is 2. The van der Waals surface area contributed by atoms with Crippen molar-refractivity contribution < 1.29 is 9.18 Å². The van der Waals surface area contributed by atoms with E-state index in [1.165, 1.54) is 23.4 Å². The number of thioether (sulfide) groups is 1. The van der Waals surface area contributed by atoms with E-state index in [2.05, 4.69) is 45.4 Å². The van der Waals surface area contributed by atoms with Crippen LogP contribution in [0.1, 0.15) is 5.56 Å². The number of benzene rings is 3. The number of amides is 1. The van der Waals surface area contributed by atoms with Crippen molar-refractivity contribution in [2.75, 3.05) is 42.1 Å². The van der Waals surface area contributed by atoms with Gasteiger partial charge in [-0.15, -0.1) is 11.8 Å². The summed E-state index contributed by atoms with van der Waals surface area (Å²) in [4.78, 5) is 17.5. The molecular formula is C25H26FN3OS. The number of halogens is 1. The summed E-state index contributed by atoms with van der Waals surface area (Å²) in [6, 6.07) is 25.0. The highest BCUT2D eigenvalue weighted by atomic mass is 32.2. The largest absolute Gasteiger partial charge is 0.369 e. The van der Waals surface area contributed by atoms with E-state index in [4.69, 9.17) is 0 Å². The van der Waals surface area contributed by atoms with Gasteiger partial charge in [-0.25, -0.2) is 4.39 Å². The van der Waals surface area contributed by atoms with Crippen LogP contribution in [0.3, 0.4) is 0 Å². The Morgan fingerprint density at radius 3 is 2.26 bits per heavy atom. The number of carbonyl (C=O) groups excluding carboxylic acids is 1. The monoisotopic (exact) mass is 435 g/mol. The maximum absolute atomic E-state index is 13.7. The molecule has 0 spiro atoms. The highest BCUT2D eigenvalue weighted by Crippen LogP contribution is 2.23. The Labute approximate surface area is 187 Å². The molecule has 1 amide bonds. The molecule has 1 aliphatic rings. The van der Waals surface area contributed by atoms with E-state index in [9.17, 15) is 9.18 Å². The first kappa shape index (κ1) is 21.4. The summed E-state index contributed by atoms with van der Waals surface area (Å²) in [5.74, 6) is -0.268. The van der Waals surface area contributed by atoms with E-state index in [1.54, 1.807) is 18.2 Å². The molecule has 160 valence electrons. The minimum Gasteiger partial charge on any atom is -0.369 e. The summed E-state index contributed by atoms with van der Waals surface area (Å²) in [6.45, 7) is 5.02. The fraction of sp³-hybridized carbons (Fsp3) is 0.240. The molecule has 0 bridgehead atoms. The topological polar surface area (TPSA) is 35.6 Å². The third kappa shape index (κ3) is 6.09. The maximum atomic E-state index is 13.7. The molecule has 0 atom stereocenters. The molecule has 4 rings (SSSR count). The van der Waals surface area contributed by atoms with Gasteiger partial charge in [0.25, 0.3) is 0 Å². The Balaban J connectivity index is 1.24. The number of nitrogens with one attached hydrogen (secondary N) is 1. The summed E-state index contributed by atoms with van der Waals surface area (Å²) in [7, 11) is 0. The second-order valence-electron chi connectivity index (χ2n) is 7.56. The minimum atomic E-state index is -0.298. The van der Waals surface area contributed by atoms with Crippen LogP contribution in [0.2, 0.25) is 0 Å². The fourth-order valence-corrected chi connectivity index (χ4v) is 4.40. The first-order chi connectivity index (χ1) is 15.2. The highest BCUT2D eigenvalue weighted by molar-refractivity contribution is 8.00. The fourth-order valence-electron chi connectivity index (χ4n) is 3.66. The molecule has 0 aliphatic carbocycles. The predicted molar refractivity (Wildman–Crippen MR) is 126 cm³/mol. The average Bonchev–Trinajstić information content (AvgIpc) is 2.80. The zero-order valence-electron chi connectivity index (χ0n) is 17.3. The average molecular weight is 436 g/mol. The van der Waals surface area contributed by atoms with Gasteiger partial charge in [0.15, 0.2) is 0 Å². The molecule has 4 nitrogen and oxygen atoms in total. The molecule has 0 radical (unpaired) electrons. The predicted octanol–water partition coefficient (Wildman–Crippen LogP) is 4.88. The smallest absolute Gasteiger partial charge is 0.234 e. The van der Waals surface area contributed by atoms with Crippen LogP contribution in [0, 0.1) is 5.82 Å². The van der Waals surface area contributed by atoms with E-state index in [0.29, 0.717) is 4.90 Å². The quantitative estimate of drug-likeness (QED) is 0.537. The van der Waals surface area contributed by atoms with Crippen LogP contribution in [0.5, 0.6) is 0 Å². The molecule has 1 fully saturated rings. The maximum Gasteiger partial charge on any atom is 0.234 e. The lowest BCUT2D eigenvalue weighted by molar-refractivity contribution is -0.113. The zero-order chi connectivity index (χ0) is 21.5. The minimum absolute atomic E-state index is 0.143. The molecule has 3 aromatic rings. The Bertz CT molecular complexity index is 989. The Morgan fingerprint density at radius 1 is 0.871 bits per heavy atom. The normalized spacial score (nSPS) is 14.4. The molecule has 0 aromatic heterocycles. The molecule has 3 aromatic carbocycles. The van der Waals surface area contributed by atoms with Crippen molar-refractivity contribution in [2.24, 2.45) is 0 Å². The Morgan fingerprint density at radius 2 is 1.55 bits per heavy atom. The van der Waals surface area contributed by atoms with E-state index >= 15 is 0 Å². The Kier molecular flexibility index (Phi) is 7.22. The lowest BCUT2D eigenvalue weighted by Gasteiger charge is -2.36. The number of rotatable bonds is 7. The summed E-state index contributed by atoms with van der Waals surface area (Å²) < 4.78 is 13.7. The highest BCUT2D eigenvalue weighted by Gasteiger charge is 2.17. The van der Waals surface area contributed by atoms with Gasteiger partial charge in [-0.1, -0.05) is 42.5 Å². The van der Waals surface area contributed by atoms with Crippen molar-refractivity contribution in [1.82, 2.24) is 4.90 Å². The molecular weight excluding hydrogens is 409 g/mol. The summed E-state index contributed by atoms with van der Waals surface area (Å²) in [6.07, 6.45) is 0. The SMILES string of the molecule is O=C(CSc1ccccc1F)Nc1ccc(N2CCN(Cc3ccccc3)CC2)cc1. The van der Waals surface area contributed by atoms with Gasteiger partial charge in [0.2, 0.25) is 5.91 Å². The van der Waals surface area contributed by atoms with Gasteiger partial charge in [-0.2, -0.15) is 0 Å². The molecule has 31 heavy (non-hydrogen) atoms. The molecule has 1 heterocycles. The van der Waals surface area contributed by atoms with Gasteiger partial charge < -0.3 is 10.2 Å². The van der Waals surface area contributed by atoms with Gasteiger partial charge in [-0.05, 0) is 42.0 Å². The van der Waals surface area contributed by atoms with Crippen LogP contribution in [-0.4, -0.2) is 42.7 Å². The lowest BCUT2D eigenvalue weighted by Crippen LogP contribution is -2.45. The summed E-state index contributed by atoms with van der Waals surface area (Å²) in [5, 5.41) is 2.89. The first-order valence-electron chi connectivity index (χ1n) is 10.5. The van der Waals surface area contributed by atoms with Gasteiger partial charge in [0.1, 0.15) is 5.82 Å². The number of hydrogen-bond acceptors (Lipinski definition) is 4. The summed E-state index contributed by atoms with van der Waals surface area (Å²) >= 11 is 1.20. The van der Waals surface area contributed by atoms with E-state index in [-0.39, 0.29) is 17.5 Å². The van der Waals surface area contributed by atoms with Crippen molar-refractivity contribution in [3.05, 3.63) is 90.2 Å². The van der Waals surface area contributed by atoms with Gasteiger partial charge >= 0.3 is 0 Å². The molecule has 1 aliphatic heterocycles. The third-order valence-electron chi connectivity index (χ3n) is 5.33. The van der Waals surface area contributed by atoms with Crippen LogP contribution in [0.4, 0.5) is 15.8 Å². The second-order valence-corrected chi connectivity index (χ2v) is 8.58. The molecule has 1 saturated heterocycles. The van der Waals surface area contributed by atoms with Crippen LogP contribution in [0.25, 0.3) is 0 Å². The first-order valence-corrected chi connectivity index (χ1v) is 11.4. The molecule has 1 N–H and O–H groups in total. The van der Waals surface area contributed by atoms with Crippen molar-refractivity contribution >= 4 is 29.0 Å². The standard InChI is InChI=1S/C25H26FN3OS/c26-23-8-4-5-9-24(23)31-19-25(30)27-21-10-12-22(13-11-21)29-16-14-28(15-17-29)18-20-6-2-1-3-7-20/h1-13H,14-19H2,(H,27,30). The van der Waals surface area contributed by atoms with Crippen molar-refractivity contribution in [3.63, 3.8) is 0 Å². The number of hydrogen-bond donors (Lipinski definition) is 1. The second kappa shape index (κ2) is 10.5. The van der Waals surface area contributed by atoms with Crippen molar-refractivity contribution in [1.29, 1.82) is 0 Å². The van der Waals surface area contributed by atoms with Crippen molar-refractivity contribution in [2.45, 2.75) is 11.4 Å². The molecule has 0 saturated carbocycles. The summed E-state index contributed by atoms with van der Waals surface area (Å²) in [5.41, 5.74) is 3.27. The number of piperazine rings is 1. The van der Waals surface area contributed by atoms with Crippen LogP contribution >= 0.6 is 11.8 Å². The van der Waals surface area contributed by atoms with Crippen molar-refractivity contribution in [3.8, 4) is 0 Å². The van der Waals surface area contributed by atoms with Crippen LogP contribution in [-0.2, 0) is 11.3 Å². The van der Waals surface area contributed by atoms with Crippen LogP contribution in [0.15, 0.2) is 83.8 Å². The molecule has 0 unspecified atom stereocenters. The number of carbonyl (C=O) groups is 1. The van der Waals surface area contributed by atoms with E-state index in [0.717, 1.165) is 44.1 Å². The van der Waals surface area contributed by atoms with E-state index < -0.39 is 0 Å². The Hall–Kier alpha value is -2.83. The van der Waals surface area contributed by atoms with Gasteiger partial charge in [0.05, 0.1) is 5.75 Å². The van der Waals surface area contributed by atoms with Gasteiger partial charge in [0, 0.05) is 49.0 Å². The van der Waals surface area contributed by atoms with Crippen LogP contribution < -0.4 is 10.2 Å². The zero-order valence-corrected chi connectivity index (χ0v) is 18.2. The lowest BCUT2D eigenvalue weighted by atomic mass is 10.2. The van der Waals surface area contributed by atoms with Gasteiger partial charge in [-0.3, -0.25) is 9.69 Å². The number of nitrogens with zero attached hydrogens (tertiary/aromatic N) is 2.